The molecule has 0 fully saturated rings. The molecule has 2 aromatic rings. The zero-order valence-electron chi connectivity index (χ0n) is 12.6. The molecule has 1 aromatic carbocycles. The maximum atomic E-state index is 12.6. The van der Waals surface area contributed by atoms with Crippen LogP contribution < -0.4 is 9.62 Å². The minimum absolute atomic E-state index is 0.276. The molecule has 2 rings (SSSR count). The number of nitrogens with one attached hydrogen (secondary N) is 2. The van der Waals surface area contributed by atoms with Gasteiger partial charge < -0.3 is 10.3 Å². The van der Waals surface area contributed by atoms with Crippen LogP contribution in [0.3, 0.4) is 0 Å². The predicted octanol–water partition coefficient (Wildman–Crippen LogP) is 2.26. The van der Waals surface area contributed by atoms with Crippen LogP contribution in [0, 0.1) is 6.92 Å². The van der Waals surface area contributed by atoms with Crippen molar-refractivity contribution in [1.29, 1.82) is 0 Å². The van der Waals surface area contributed by atoms with Gasteiger partial charge in [-0.3, -0.25) is 4.31 Å². The van der Waals surface area contributed by atoms with Gasteiger partial charge in [0.25, 0.3) is 10.0 Å². The van der Waals surface area contributed by atoms with Crippen LogP contribution in [0.25, 0.3) is 0 Å². The van der Waals surface area contributed by atoms with Crippen molar-refractivity contribution < 1.29 is 8.42 Å². The largest absolute Gasteiger partial charge is 0.363 e. The Morgan fingerprint density at radius 1 is 1.24 bits per heavy atom. The number of aromatic nitrogens is 1. The smallest absolute Gasteiger partial charge is 0.265 e. The van der Waals surface area contributed by atoms with Crippen LogP contribution in [0.2, 0.25) is 0 Å². The normalized spacial score (nSPS) is 11.6. The van der Waals surface area contributed by atoms with Crippen LogP contribution in [0.5, 0.6) is 0 Å². The lowest BCUT2D eigenvalue weighted by molar-refractivity contribution is 0.594. The molecule has 0 amide bonds. The number of aromatic amines is 1. The third-order valence-electron chi connectivity index (χ3n) is 3.34. The fourth-order valence-electron chi connectivity index (χ4n) is 1.98. The van der Waals surface area contributed by atoms with Gasteiger partial charge in [-0.05, 0) is 31.7 Å². The molecule has 1 heterocycles. The van der Waals surface area contributed by atoms with Crippen molar-refractivity contribution in [3.8, 4) is 0 Å². The average Bonchev–Trinajstić information content (AvgIpc) is 2.94. The van der Waals surface area contributed by atoms with Crippen LogP contribution in [0.4, 0.5) is 5.69 Å². The molecule has 0 atom stereocenters. The van der Waals surface area contributed by atoms with Crippen molar-refractivity contribution in [3.63, 3.8) is 0 Å². The van der Waals surface area contributed by atoms with Gasteiger partial charge in [0.2, 0.25) is 0 Å². The fourth-order valence-corrected chi connectivity index (χ4v) is 3.20. The molecule has 0 saturated heterocycles. The van der Waals surface area contributed by atoms with Crippen molar-refractivity contribution in [2.24, 2.45) is 0 Å². The summed E-state index contributed by atoms with van der Waals surface area (Å²) in [6, 6.07) is 9.07. The summed E-state index contributed by atoms with van der Waals surface area (Å²) in [5.74, 6) is 0. The van der Waals surface area contributed by atoms with E-state index in [4.69, 9.17) is 0 Å². The molecule has 0 aliphatic rings. The molecule has 0 bridgehead atoms. The first-order chi connectivity index (χ1) is 9.95. The predicted molar refractivity (Wildman–Crippen MR) is 84.9 cm³/mol. The molecule has 6 heteroatoms. The number of aryl methyl sites for hydroxylation is 1. The molecule has 0 aliphatic heterocycles. The molecule has 114 valence electrons. The average molecular weight is 307 g/mol. The van der Waals surface area contributed by atoms with Crippen LogP contribution in [-0.4, -0.2) is 27.0 Å². The maximum absolute atomic E-state index is 12.6. The van der Waals surface area contributed by atoms with Crippen molar-refractivity contribution in [1.82, 2.24) is 10.3 Å². The molecule has 0 unspecified atom stereocenters. The Morgan fingerprint density at radius 3 is 2.52 bits per heavy atom. The Hall–Kier alpha value is -1.79. The number of nitrogens with zero attached hydrogens (tertiary/aromatic N) is 1. The number of rotatable bonds is 6. The molecule has 0 aliphatic carbocycles. The SMILES string of the molecule is CCNCc1cc(S(=O)(=O)N(C)c2ccc(C)cc2)c[nH]1. The van der Waals surface area contributed by atoms with Crippen LogP contribution in [0.1, 0.15) is 18.2 Å². The van der Waals surface area contributed by atoms with Gasteiger partial charge in [0.1, 0.15) is 4.90 Å². The molecule has 0 spiro atoms. The number of hydrogen-bond donors (Lipinski definition) is 2. The first-order valence-corrected chi connectivity index (χ1v) is 8.32. The summed E-state index contributed by atoms with van der Waals surface area (Å²) in [4.78, 5) is 3.27. The third-order valence-corrected chi connectivity index (χ3v) is 5.10. The van der Waals surface area contributed by atoms with Crippen molar-refractivity contribution in [2.75, 3.05) is 17.9 Å². The standard InChI is InChI=1S/C15H21N3O2S/c1-4-16-10-13-9-15(11-17-13)21(19,20)18(3)14-7-5-12(2)6-8-14/h5-9,11,16-17H,4,10H2,1-3H3. The number of sulfonamides is 1. The second-order valence-electron chi connectivity index (χ2n) is 4.95. The zero-order valence-corrected chi connectivity index (χ0v) is 13.4. The van der Waals surface area contributed by atoms with Gasteiger partial charge in [-0.1, -0.05) is 24.6 Å². The molecule has 0 radical (unpaired) electrons. The molecular formula is C15H21N3O2S. The number of benzene rings is 1. The summed E-state index contributed by atoms with van der Waals surface area (Å²) in [6.07, 6.45) is 1.53. The fraction of sp³-hybridized carbons (Fsp3) is 0.333. The van der Waals surface area contributed by atoms with E-state index in [-0.39, 0.29) is 4.90 Å². The third kappa shape index (κ3) is 3.46. The first-order valence-electron chi connectivity index (χ1n) is 6.88. The van der Waals surface area contributed by atoms with Crippen molar-refractivity contribution in [2.45, 2.75) is 25.3 Å². The molecule has 0 saturated carbocycles. The molecule has 21 heavy (non-hydrogen) atoms. The van der Waals surface area contributed by atoms with E-state index in [0.717, 1.165) is 17.8 Å². The van der Waals surface area contributed by atoms with Crippen LogP contribution >= 0.6 is 0 Å². The summed E-state index contributed by atoms with van der Waals surface area (Å²) in [5, 5.41) is 3.16. The van der Waals surface area contributed by atoms with E-state index < -0.39 is 10.0 Å². The molecule has 1 aromatic heterocycles. The van der Waals surface area contributed by atoms with E-state index in [1.54, 1.807) is 25.2 Å². The summed E-state index contributed by atoms with van der Waals surface area (Å²) < 4.78 is 26.5. The van der Waals surface area contributed by atoms with E-state index >= 15 is 0 Å². The lowest BCUT2D eigenvalue weighted by Crippen LogP contribution is -2.26. The van der Waals surface area contributed by atoms with Gasteiger partial charge in [-0.25, -0.2) is 8.42 Å². The van der Waals surface area contributed by atoms with Crippen LogP contribution in [-0.2, 0) is 16.6 Å². The highest BCUT2D eigenvalue weighted by Gasteiger charge is 2.22. The zero-order chi connectivity index (χ0) is 15.5. The number of H-pyrrole nitrogens is 1. The Labute approximate surface area is 126 Å². The van der Waals surface area contributed by atoms with Gasteiger partial charge >= 0.3 is 0 Å². The second-order valence-corrected chi connectivity index (χ2v) is 6.92. The first kappa shape index (κ1) is 15.6. The van der Waals surface area contributed by atoms with E-state index in [9.17, 15) is 8.42 Å². The lowest BCUT2D eigenvalue weighted by atomic mass is 10.2. The highest BCUT2D eigenvalue weighted by atomic mass is 32.2. The van der Waals surface area contributed by atoms with Crippen molar-refractivity contribution >= 4 is 15.7 Å². The highest BCUT2D eigenvalue weighted by Crippen LogP contribution is 2.22. The summed E-state index contributed by atoms with van der Waals surface area (Å²) in [5.41, 5.74) is 2.60. The van der Waals surface area contributed by atoms with Gasteiger partial charge in [-0.2, -0.15) is 0 Å². The van der Waals surface area contributed by atoms with Gasteiger partial charge in [0.15, 0.2) is 0 Å². The molecule has 5 nitrogen and oxygen atoms in total. The summed E-state index contributed by atoms with van der Waals surface area (Å²) >= 11 is 0. The second kappa shape index (κ2) is 6.32. The topological polar surface area (TPSA) is 65.2 Å². The Kier molecular flexibility index (Phi) is 4.69. The quantitative estimate of drug-likeness (QED) is 0.860. The van der Waals surface area contributed by atoms with E-state index in [2.05, 4.69) is 10.3 Å². The minimum Gasteiger partial charge on any atom is -0.363 e. The maximum Gasteiger partial charge on any atom is 0.265 e. The van der Waals surface area contributed by atoms with Gasteiger partial charge in [0.05, 0.1) is 5.69 Å². The molecule has 2 N–H and O–H groups in total. The van der Waals surface area contributed by atoms with Gasteiger partial charge in [0, 0.05) is 25.5 Å². The Bertz CT molecular complexity index is 690. The number of hydrogen-bond acceptors (Lipinski definition) is 3. The van der Waals surface area contributed by atoms with E-state index in [0.29, 0.717) is 12.2 Å². The minimum atomic E-state index is -3.53. The number of anilines is 1. The lowest BCUT2D eigenvalue weighted by Gasteiger charge is -2.18. The monoisotopic (exact) mass is 307 g/mol. The van der Waals surface area contributed by atoms with E-state index in [1.807, 2.05) is 26.0 Å². The Morgan fingerprint density at radius 2 is 1.90 bits per heavy atom. The van der Waals surface area contributed by atoms with Crippen LogP contribution in [0.15, 0.2) is 41.4 Å². The van der Waals surface area contributed by atoms with Crippen molar-refractivity contribution in [3.05, 3.63) is 47.8 Å². The van der Waals surface area contributed by atoms with Gasteiger partial charge in [-0.15, -0.1) is 0 Å². The summed E-state index contributed by atoms with van der Waals surface area (Å²) in [6.45, 7) is 5.44. The molecular weight excluding hydrogens is 286 g/mol. The van der Waals surface area contributed by atoms with E-state index in [1.165, 1.54) is 10.5 Å². The summed E-state index contributed by atoms with van der Waals surface area (Å²) in [7, 11) is -1.97. The Balaban J connectivity index is 2.24. The highest BCUT2D eigenvalue weighted by molar-refractivity contribution is 7.92.